The van der Waals surface area contributed by atoms with Crippen molar-refractivity contribution in [3.63, 3.8) is 0 Å². The largest absolute Gasteiger partial charge is 0.416 e. The lowest BCUT2D eigenvalue weighted by atomic mass is 10.2. The number of sulfone groups is 1. The molecular weight excluding hydrogens is 271 g/mol. The van der Waals surface area contributed by atoms with Crippen molar-refractivity contribution in [3.05, 3.63) is 29.8 Å². The van der Waals surface area contributed by atoms with Crippen LogP contribution in [-0.2, 0) is 16.0 Å². The van der Waals surface area contributed by atoms with Crippen LogP contribution in [0.5, 0.6) is 0 Å². The molecule has 4 nitrogen and oxygen atoms in total. The Morgan fingerprint density at radius 1 is 1.33 bits per heavy atom. The van der Waals surface area contributed by atoms with Crippen molar-refractivity contribution in [2.24, 2.45) is 5.73 Å². The van der Waals surface area contributed by atoms with Gasteiger partial charge in [-0.15, -0.1) is 0 Å². The van der Waals surface area contributed by atoms with Crippen LogP contribution in [0.3, 0.4) is 0 Å². The first-order valence-corrected chi connectivity index (χ1v) is 6.60. The maximum absolute atomic E-state index is 12.4. The second kappa shape index (κ2) is 5.25. The van der Waals surface area contributed by atoms with E-state index in [-0.39, 0.29) is 6.54 Å². The van der Waals surface area contributed by atoms with Crippen LogP contribution >= 0.6 is 0 Å². The van der Waals surface area contributed by atoms with E-state index in [0.29, 0.717) is 6.07 Å². The summed E-state index contributed by atoms with van der Waals surface area (Å²) in [6, 6.07) is 3.37. The molecule has 0 fully saturated rings. The third-order valence-corrected chi connectivity index (χ3v) is 4.00. The first kappa shape index (κ1) is 14.9. The average molecular weight is 283 g/mol. The van der Waals surface area contributed by atoms with E-state index in [0.717, 1.165) is 18.2 Å². The van der Waals surface area contributed by atoms with Gasteiger partial charge in [0.05, 0.1) is 22.3 Å². The highest BCUT2D eigenvalue weighted by molar-refractivity contribution is 7.91. The molecule has 0 aromatic heterocycles. The number of hydrogen-bond acceptors (Lipinski definition) is 4. The van der Waals surface area contributed by atoms with E-state index in [1.54, 1.807) is 0 Å². The maximum atomic E-state index is 12.4. The zero-order valence-electron chi connectivity index (χ0n) is 9.18. The van der Waals surface area contributed by atoms with E-state index in [4.69, 9.17) is 10.8 Å². The minimum Gasteiger partial charge on any atom is -0.391 e. The third kappa shape index (κ3) is 3.69. The predicted octanol–water partition coefficient (Wildman–Crippen LogP) is 0.799. The van der Waals surface area contributed by atoms with Crippen molar-refractivity contribution >= 4 is 9.84 Å². The normalized spacial score (nSPS) is 14.5. The molecule has 18 heavy (non-hydrogen) atoms. The zero-order chi connectivity index (χ0) is 14.0. The van der Waals surface area contributed by atoms with Crippen LogP contribution < -0.4 is 5.73 Å². The number of aliphatic hydroxyl groups excluding tert-OH is 1. The molecule has 0 aliphatic rings. The van der Waals surface area contributed by atoms with Gasteiger partial charge in [-0.1, -0.05) is 6.07 Å². The number of benzene rings is 1. The lowest BCUT2D eigenvalue weighted by molar-refractivity contribution is -0.137. The Morgan fingerprint density at radius 2 is 1.94 bits per heavy atom. The van der Waals surface area contributed by atoms with Crippen molar-refractivity contribution in [1.29, 1.82) is 0 Å². The summed E-state index contributed by atoms with van der Waals surface area (Å²) in [5, 5.41) is 9.16. The lowest BCUT2D eigenvalue weighted by Gasteiger charge is -2.11. The zero-order valence-corrected chi connectivity index (χ0v) is 10.0. The fraction of sp³-hybridized carbons (Fsp3) is 0.400. The summed E-state index contributed by atoms with van der Waals surface area (Å²) < 4.78 is 60.7. The molecule has 8 heteroatoms. The molecule has 102 valence electrons. The topological polar surface area (TPSA) is 80.4 Å². The molecule has 0 bridgehead atoms. The molecule has 1 atom stereocenters. The van der Waals surface area contributed by atoms with E-state index >= 15 is 0 Å². The summed E-state index contributed by atoms with van der Waals surface area (Å²) in [6.45, 7) is -0.280. The molecule has 0 spiro atoms. The van der Waals surface area contributed by atoms with E-state index in [2.05, 4.69) is 0 Å². The molecular formula is C10H12F3NO3S. The van der Waals surface area contributed by atoms with Gasteiger partial charge in [0.15, 0.2) is 9.84 Å². The van der Waals surface area contributed by atoms with Gasteiger partial charge in [0.2, 0.25) is 0 Å². The van der Waals surface area contributed by atoms with Crippen LogP contribution in [0.4, 0.5) is 13.2 Å². The molecule has 0 saturated carbocycles. The molecule has 3 N–H and O–H groups in total. The highest BCUT2D eigenvalue weighted by Gasteiger charge is 2.31. The lowest BCUT2D eigenvalue weighted by Crippen LogP contribution is -2.28. The molecule has 0 aliphatic carbocycles. The average Bonchev–Trinajstić information content (AvgIpc) is 2.27. The minimum absolute atomic E-state index is 0.280. The Kier molecular flexibility index (Phi) is 4.36. The summed E-state index contributed by atoms with van der Waals surface area (Å²) in [4.78, 5) is -0.482. The summed E-state index contributed by atoms with van der Waals surface area (Å²) in [5.41, 5.74) is 4.01. The predicted molar refractivity (Wildman–Crippen MR) is 58.6 cm³/mol. The Labute approximate surface area is 102 Å². The van der Waals surface area contributed by atoms with Gasteiger partial charge in [-0.25, -0.2) is 8.42 Å². The third-order valence-electron chi connectivity index (χ3n) is 2.20. The second-order valence-corrected chi connectivity index (χ2v) is 5.73. The molecule has 1 aromatic rings. The van der Waals surface area contributed by atoms with Gasteiger partial charge in [-0.2, -0.15) is 13.2 Å². The smallest absolute Gasteiger partial charge is 0.391 e. The van der Waals surface area contributed by atoms with Crippen molar-refractivity contribution in [3.8, 4) is 0 Å². The van der Waals surface area contributed by atoms with Crippen molar-refractivity contribution < 1.29 is 26.7 Å². The van der Waals surface area contributed by atoms with Crippen LogP contribution in [0.1, 0.15) is 5.56 Å². The fourth-order valence-corrected chi connectivity index (χ4v) is 2.71. The Hall–Kier alpha value is -1.12. The Morgan fingerprint density at radius 3 is 2.44 bits per heavy atom. The highest BCUT2D eigenvalue weighted by atomic mass is 32.2. The highest BCUT2D eigenvalue weighted by Crippen LogP contribution is 2.30. The van der Waals surface area contributed by atoms with Crippen LogP contribution in [0, 0.1) is 0 Å². The first-order chi connectivity index (χ1) is 8.16. The molecule has 1 aromatic carbocycles. The first-order valence-electron chi connectivity index (χ1n) is 4.95. The SMILES string of the molecule is NC[C@H](O)CS(=O)(=O)c1cccc(C(F)(F)F)c1. The van der Waals surface area contributed by atoms with Gasteiger partial charge >= 0.3 is 6.18 Å². The molecule has 0 unspecified atom stereocenters. The number of aliphatic hydroxyl groups is 1. The van der Waals surface area contributed by atoms with E-state index in [1.807, 2.05) is 0 Å². The summed E-state index contributed by atoms with van der Waals surface area (Å²) in [5.74, 6) is -0.704. The van der Waals surface area contributed by atoms with E-state index in [9.17, 15) is 21.6 Å². The number of hydrogen-bond donors (Lipinski definition) is 2. The molecule has 0 aliphatic heterocycles. The Bertz CT molecular complexity index is 513. The minimum atomic E-state index is -4.61. The molecule has 0 radical (unpaired) electrons. The molecule has 0 amide bonds. The van der Waals surface area contributed by atoms with E-state index in [1.165, 1.54) is 0 Å². The number of rotatable bonds is 4. The number of nitrogens with two attached hydrogens (primary N) is 1. The van der Waals surface area contributed by atoms with Gasteiger partial charge in [0.25, 0.3) is 0 Å². The summed E-state index contributed by atoms with van der Waals surface area (Å²) in [7, 11) is -3.98. The summed E-state index contributed by atoms with van der Waals surface area (Å²) in [6.07, 6.45) is -5.91. The van der Waals surface area contributed by atoms with Crippen molar-refractivity contribution in [2.45, 2.75) is 17.2 Å². The van der Waals surface area contributed by atoms with Gasteiger partial charge in [-0.3, -0.25) is 0 Å². The standard InChI is InChI=1S/C10H12F3NO3S/c11-10(12,13)7-2-1-3-9(4-7)18(16,17)6-8(15)5-14/h1-4,8,15H,5-6,14H2/t8-/m0/s1. The van der Waals surface area contributed by atoms with Crippen molar-refractivity contribution in [1.82, 2.24) is 0 Å². The second-order valence-electron chi connectivity index (χ2n) is 3.70. The Balaban J connectivity index is 3.11. The molecule has 0 heterocycles. The number of alkyl halides is 3. The van der Waals surface area contributed by atoms with Gasteiger partial charge in [-0.05, 0) is 18.2 Å². The fourth-order valence-electron chi connectivity index (χ4n) is 1.28. The maximum Gasteiger partial charge on any atom is 0.416 e. The van der Waals surface area contributed by atoms with Crippen LogP contribution in [0.2, 0.25) is 0 Å². The van der Waals surface area contributed by atoms with Crippen molar-refractivity contribution in [2.75, 3.05) is 12.3 Å². The molecule has 1 rings (SSSR count). The van der Waals surface area contributed by atoms with Crippen LogP contribution in [0.25, 0.3) is 0 Å². The van der Waals surface area contributed by atoms with Crippen LogP contribution in [0.15, 0.2) is 29.2 Å². The summed E-state index contributed by atoms with van der Waals surface area (Å²) >= 11 is 0. The molecule has 0 saturated heterocycles. The van der Waals surface area contributed by atoms with Gasteiger partial charge < -0.3 is 10.8 Å². The van der Waals surface area contributed by atoms with E-state index < -0.39 is 38.3 Å². The van der Waals surface area contributed by atoms with Crippen LogP contribution in [-0.4, -0.2) is 31.9 Å². The van der Waals surface area contributed by atoms with Gasteiger partial charge in [0, 0.05) is 6.54 Å². The number of halogens is 3. The monoisotopic (exact) mass is 283 g/mol. The van der Waals surface area contributed by atoms with Gasteiger partial charge in [0.1, 0.15) is 0 Å². The quantitative estimate of drug-likeness (QED) is 0.856.